The normalized spacial score (nSPS) is 13.8. The standard InChI is InChI=1S/C24H26N4O/c1-18-7-3-4-8-23(18)26-21-15-19(16-25-17-21)24(29)27-20-9-11-22(12-10-20)28-13-5-2-6-14-28/h3-4,7-12,15-17,26H,2,5-6,13-14H2,1H3,(H,27,29). The molecular weight excluding hydrogens is 360 g/mol. The Bertz CT molecular complexity index is 978. The van der Waals surface area contributed by atoms with E-state index in [1.165, 1.54) is 24.9 Å². The number of pyridine rings is 1. The maximum absolute atomic E-state index is 12.7. The second-order valence-corrected chi connectivity index (χ2v) is 7.45. The summed E-state index contributed by atoms with van der Waals surface area (Å²) in [4.78, 5) is 19.3. The number of nitrogens with one attached hydrogen (secondary N) is 2. The van der Waals surface area contributed by atoms with Gasteiger partial charge in [-0.05, 0) is 68.1 Å². The maximum Gasteiger partial charge on any atom is 0.257 e. The molecule has 0 spiro atoms. The van der Waals surface area contributed by atoms with Gasteiger partial charge in [0.1, 0.15) is 0 Å². The number of anilines is 4. The zero-order valence-electron chi connectivity index (χ0n) is 16.7. The van der Waals surface area contributed by atoms with Gasteiger partial charge in [-0.25, -0.2) is 0 Å². The van der Waals surface area contributed by atoms with Gasteiger partial charge >= 0.3 is 0 Å². The summed E-state index contributed by atoms with van der Waals surface area (Å²) in [6.45, 7) is 4.26. The zero-order valence-corrected chi connectivity index (χ0v) is 16.7. The number of hydrogen-bond acceptors (Lipinski definition) is 4. The zero-order chi connectivity index (χ0) is 20.1. The second-order valence-electron chi connectivity index (χ2n) is 7.45. The lowest BCUT2D eigenvalue weighted by Crippen LogP contribution is -2.29. The lowest BCUT2D eigenvalue weighted by atomic mass is 10.1. The van der Waals surface area contributed by atoms with E-state index in [1.54, 1.807) is 12.4 Å². The molecule has 148 valence electrons. The number of aryl methyl sites for hydroxylation is 1. The highest BCUT2D eigenvalue weighted by atomic mass is 16.1. The summed E-state index contributed by atoms with van der Waals surface area (Å²) in [5.41, 5.74) is 5.44. The van der Waals surface area contributed by atoms with E-state index in [-0.39, 0.29) is 5.91 Å². The molecule has 1 saturated heterocycles. The fourth-order valence-corrected chi connectivity index (χ4v) is 3.61. The molecule has 2 aromatic carbocycles. The Morgan fingerprint density at radius 1 is 0.931 bits per heavy atom. The highest BCUT2D eigenvalue weighted by molar-refractivity contribution is 6.04. The Morgan fingerprint density at radius 3 is 2.45 bits per heavy atom. The Morgan fingerprint density at radius 2 is 1.69 bits per heavy atom. The van der Waals surface area contributed by atoms with E-state index >= 15 is 0 Å². The average molecular weight is 386 g/mol. The highest BCUT2D eigenvalue weighted by Crippen LogP contribution is 2.23. The van der Waals surface area contributed by atoms with Crippen LogP contribution >= 0.6 is 0 Å². The predicted molar refractivity (Wildman–Crippen MR) is 119 cm³/mol. The average Bonchev–Trinajstić information content (AvgIpc) is 2.77. The third-order valence-corrected chi connectivity index (χ3v) is 5.27. The molecule has 29 heavy (non-hydrogen) atoms. The van der Waals surface area contributed by atoms with Gasteiger partial charge in [-0.1, -0.05) is 18.2 Å². The molecule has 2 heterocycles. The quantitative estimate of drug-likeness (QED) is 0.618. The van der Waals surface area contributed by atoms with Gasteiger partial charge in [-0.2, -0.15) is 0 Å². The van der Waals surface area contributed by atoms with Crippen LogP contribution in [0.25, 0.3) is 0 Å². The van der Waals surface area contributed by atoms with Gasteiger partial charge in [0.05, 0.1) is 17.4 Å². The summed E-state index contributed by atoms with van der Waals surface area (Å²) in [5, 5.41) is 6.29. The summed E-state index contributed by atoms with van der Waals surface area (Å²) >= 11 is 0. The van der Waals surface area contributed by atoms with Crippen LogP contribution in [0.2, 0.25) is 0 Å². The number of hydrogen-bond donors (Lipinski definition) is 2. The van der Waals surface area contributed by atoms with Crippen molar-refractivity contribution >= 4 is 28.7 Å². The van der Waals surface area contributed by atoms with E-state index < -0.39 is 0 Å². The van der Waals surface area contributed by atoms with Crippen LogP contribution < -0.4 is 15.5 Å². The Hall–Kier alpha value is -3.34. The summed E-state index contributed by atoms with van der Waals surface area (Å²) in [6, 6.07) is 17.9. The molecule has 1 amide bonds. The molecule has 0 unspecified atom stereocenters. The van der Waals surface area contributed by atoms with Crippen molar-refractivity contribution < 1.29 is 4.79 Å². The molecule has 0 aliphatic carbocycles. The van der Waals surface area contributed by atoms with Crippen molar-refractivity contribution in [1.82, 2.24) is 4.98 Å². The van der Waals surface area contributed by atoms with Crippen LogP contribution in [-0.4, -0.2) is 24.0 Å². The SMILES string of the molecule is Cc1ccccc1Nc1cncc(C(=O)Nc2ccc(N3CCCCC3)cc2)c1. The first kappa shape index (κ1) is 19.0. The fraction of sp³-hybridized carbons (Fsp3) is 0.250. The van der Waals surface area contributed by atoms with Gasteiger partial charge in [-0.3, -0.25) is 9.78 Å². The molecule has 1 aliphatic heterocycles. The molecule has 0 bridgehead atoms. The van der Waals surface area contributed by atoms with Crippen LogP contribution in [0, 0.1) is 6.92 Å². The Labute approximate surface area is 171 Å². The van der Waals surface area contributed by atoms with E-state index in [1.807, 2.05) is 49.4 Å². The summed E-state index contributed by atoms with van der Waals surface area (Å²) in [6.07, 6.45) is 7.12. The number of para-hydroxylation sites is 1. The fourth-order valence-electron chi connectivity index (χ4n) is 3.61. The molecule has 5 heteroatoms. The molecule has 0 radical (unpaired) electrons. The van der Waals surface area contributed by atoms with Crippen LogP contribution in [0.3, 0.4) is 0 Å². The number of carbonyl (C=O) groups excluding carboxylic acids is 1. The molecule has 0 saturated carbocycles. The summed E-state index contributed by atoms with van der Waals surface area (Å²) < 4.78 is 0. The molecule has 3 aromatic rings. The van der Waals surface area contributed by atoms with E-state index in [9.17, 15) is 4.79 Å². The molecule has 2 N–H and O–H groups in total. The first-order chi connectivity index (χ1) is 14.2. The molecule has 1 fully saturated rings. The van der Waals surface area contributed by atoms with Crippen LogP contribution in [0.1, 0.15) is 35.2 Å². The van der Waals surface area contributed by atoms with Crippen molar-refractivity contribution in [3.63, 3.8) is 0 Å². The molecule has 5 nitrogen and oxygen atoms in total. The topological polar surface area (TPSA) is 57.3 Å². The third-order valence-electron chi connectivity index (χ3n) is 5.27. The minimum atomic E-state index is -0.170. The molecular formula is C24H26N4O. The van der Waals surface area contributed by atoms with Crippen LogP contribution in [0.5, 0.6) is 0 Å². The number of aromatic nitrogens is 1. The summed E-state index contributed by atoms with van der Waals surface area (Å²) in [5.74, 6) is -0.170. The minimum Gasteiger partial charge on any atom is -0.372 e. The largest absolute Gasteiger partial charge is 0.372 e. The first-order valence-electron chi connectivity index (χ1n) is 10.1. The number of nitrogens with zero attached hydrogens (tertiary/aromatic N) is 2. The lowest BCUT2D eigenvalue weighted by molar-refractivity contribution is 0.102. The first-order valence-corrected chi connectivity index (χ1v) is 10.1. The number of rotatable bonds is 5. The number of benzene rings is 2. The van der Waals surface area contributed by atoms with Crippen molar-refractivity contribution in [2.45, 2.75) is 26.2 Å². The van der Waals surface area contributed by atoms with Gasteiger partial charge in [0, 0.05) is 36.3 Å². The highest BCUT2D eigenvalue weighted by Gasteiger charge is 2.12. The van der Waals surface area contributed by atoms with Gasteiger partial charge < -0.3 is 15.5 Å². The van der Waals surface area contributed by atoms with E-state index in [0.29, 0.717) is 5.56 Å². The van der Waals surface area contributed by atoms with Crippen LogP contribution in [0.4, 0.5) is 22.7 Å². The van der Waals surface area contributed by atoms with Crippen molar-refractivity contribution in [3.8, 4) is 0 Å². The van der Waals surface area contributed by atoms with E-state index in [4.69, 9.17) is 0 Å². The molecule has 0 atom stereocenters. The number of carbonyl (C=O) groups is 1. The van der Waals surface area contributed by atoms with Crippen LogP contribution in [-0.2, 0) is 0 Å². The lowest BCUT2D eigenvalue weighted by Gasteiger charge is -2.28. The Kier molecular flexibility index (Phi) is 5.75. The number of amides is 1. The van der Waals surface area contributed by atoms with Crippen molar-refractivity contribution in [1.29, 1.82) is 0 Å². The van der Waals surface area contributed by atoms with Gasteiger partial charge in [-0.15, -0.1) is 0 Å². The maximum atomic E-state index is 12.7. The number of piperidine rings is 1. The third kappa shape index (κ3) is 4.74. The van der Waals surface area contributed by atoms with Crippen molar-refractivity contribution in [3.05, 3.63) is 78.1 Å². The van der Waals surface area contributed by atoms with E-state index in [0.717, 1.165) is 35.7 Å². The summed E-state index contributed by atoms with van der Waals surface area (Å²) in [7, 11) is 0. The monoisotopic (exact) mass is 386 g/mol. The Balaban J connectivity index is 1.42. The van der Waals surface area contributed by atoms with Crippen molar-refractivity contribution in [2.24, 2.45) is 0 Å². The smallest absolute Gasteiger partial charge is 0.257 e. The minimum absolute atomic E-state index is 0.170. The molecule has 4 rings (SSSR count). The van der Waals surface area contributed by atoms with Gasteiger partial charge in [0.15, 0.2) is 0 Å². The molecule has 1 aromatic heterocycles. The molecule has 1 aliphatic rings. The van der Waals surface area contributed by atoms with Gasteiger partial charge in [0.2, 0.25) is 0 Å². The van der Waals surface area contributed by atoms with E-state index in [2.05, 4.69) is 32.7 Å². The predicted octanol–water partition coefficient (Wildman–Crippen LogP) is 5.38. The van der Waals surface area contributed by atoms with Crippen molar-refractivity contribution in [2.75, 3.05) is 28.6 Å². The second kappa shape index (κ2) is 8.78. The van der Waals surface area contributed by atoms with Crippen LogP contribution in [0.15, 0.2) is 67.0 Å². The van der Waals surface area contributed by atoms with Gasteiger partial charge in [0.25, 0.3) is 5.91 Å².